The predicted octanol–water partition coefficient (Wildman–Crippen LogP) is 1.23. The number of nitrogens with one attached hydrogen (secondary N) is 2. The molecule has 0 bridgehead atoms. The topological polar surface area (TPSA) is 101 Å². The van der Waals surface area contributed by atoms with Crippen LogP contribution in [-0.2, 0) is 20.9 Å². The molecule has 3 rings (SSSR count). The van der Waals surface area contributed by atoms with Crippen molar-refractivity contribution >= 4 is 35.1 Å². The highest BCUT2D eigenvalue weighted by molar-refractivity contribution is 7.80. The number of thiocarbonyl (C=S) groups is 1. The maximum Gasteiger partial charge on any atom is 0.308 e. The van der Waals surface area contributed by atoms with Crippen molar-refractivity contribution in [2.24, 2.45) is 0 Å². The van der Waals surface area contributed by atoms with Crippen molar-refractivity contribution in [3.05, 3.63) is 60.1 Å². The highest BCUT2D eigenvalue weighted by atomic mass is 32.1. The Kier molecular flexibility index (Phi) is 6.38. The molecule has 0 spiro atoms. The van der Waals surface area contributed by atoms with E-state index in [1.165, 1.54) is 17.2 Å². The third-order valence-corrected chi connectivity index (χ3v) is 4.50. The number of carbonyl (C=O) groups is 3. The zero-order chi connectivity index (χ0) is 19.9. The Balaban J connectivity index is 1.59. The van der Waals surface area contributed by atoms with Gasteiger partial charge in [0, 0.05) is 13.1 Å². The number of carbonyl (C=O) groups excluding carboxylic acids is 3. The summed E-state index contributed by atoms with van der Waals surface area (Å²) < 4.78 is 10.3. The quantitative estimate of drug-likeness (QED) is 0.574. The van der Waals surface area contributed by atoms with E-state index < -0.39 is 17.9 Å². The standard InChI is InChI=1S/C19H19N3O5S/c23-16(27-12-13-5-2-1-3-6-13)11-14-17(24)20-8-9-22(14)19(28)21-18(25)15-7-4-10-26-15/h1-7,10,14H,8-9,11-12H2,(H,20,24)(H,21,25,28). The van der Waals surface area contributed by atoms with Gasteiger partial charge < -0.3 is 19.4 Å². The van der Waals surface area contributed by atoms with Gasteiger partial charge >= 0.3 is 5.97 Å². The largest absolute Gasteiger partial charge is 0.461 e. The average molecular weight is 401 g/mol. The van der Waals surface area contributed by atoms with Crippen molar-refractivity contribution in [1.29, 1.82) is 0 Å². The number of ether oxygens (including phenoxy) is 1. The molecule has 0 saturated carbocycles. The van der Waals surface area contributed by atoms with E-state index in [9.17, 15) is 14.4 Å². The molecule has 0 radical (unpaired) electrons. The molecule has 2 heterocycles. The van der Waals surface area contributed by atoms with E-state index in [4.69, 9.17) is 21.4 Å². The average Bonchev–Trinajstić information content (AvgIpc) is 3.23. The molecule has 1 unspecified atom stereocenters. The molecule has 1 saturated heterocycles. The zero-order valence-electron chi connectivity index (χ0n) is 14.9. The third kappa shape index (κ3) is 4.95. The Labute approximate surface area is 166 Å². The summed E-state index contributed by atoms with van der Waals surface area (Å²) in [5.74, 6) is -1.30. The van der Waals surface area contributed by atoms with E-state index in [2.05, 4.69) is 10.6 Å². The lowest BCUT2D eigenvalue weighted by atomic mass is 10.1. The van der Waals surface area contributed by atoms with Gasteiger partial charge in [-0.25, -0.2) is 0 Å². The van der Waals surface area contributed by atoms with Crippen LogP contribution in [0.1, 0.15) is 22.5 Å². The lowest BCUT2D eigenvalue weighted by molar-refractivity contribution is -0.148. The van der Waals surface area contributed by atoms with Gasteiger partial charge in [-0.2, -0.15) is 0 Å². The van der Waals surface area contributed by atoms with Crippen LogP contribution in [0.5, 0.6) is 0 Å². The van der Waals surface area contributed by atoms with E-state index in [-0.39, 0.29) is 29.8 Å². The third-order valence-electron chi connectivity index (χ3n) is 4.16. The van der Waals surface area contributed by atoms with Gasteiger partial charge in [0.1, 0.15) is 12.6 Å². The number of piperazine rings is 1. The molecule has 1 aromatic heterocycles. The smallest absolute Gasteiger partial charge is 0.308 e. The van der Waals surface area contributed by atoms with Crippen LogP contribution in [0.2, 0.25) is 0 Å². The fourth-order valence-corrected chi connectivity index (χ4v) is 3.07. The second-order valence-corrected chi connectivity index (χ2v) is 6.47. The molecule has 1 aliphatic heterocycles. The van der Waals surface area contributed by atoms with E-state index in [0.29, 0.717) is 13.1 Å². The van der Waals surface area contributed by atoms with Gasteiger partial charge in [0.05, 0.1) is 12.7 Å². The Morgan fingerprint density at radius 3 is 2.75 bits per heavy atom. The summed E-state index contributed by atoms with van der Waals surface area (Å²) in [4.78, 5) is 38.1. The van der Waals surface area contributed by atoms with Gasteiger partial charge in [0.25, 0.3) is 5.91 Å². The highest BCUT2D eigenvalue weighted by Crippen LogP contribution is 2.12. The summed E-state index contributed by atoms with van der Waals surface area (Å²) in [7, 11) is 0. The van der Waals surface area contributed by atoms with Crippen LogP contribution in [0.15, 0.2) is 53.1 Å². The Morgan fingerprint density at radius 1 is 1.25 bits per heavy atom. The van der Waals surface area contributed by atoms with Gasteiger partial charge in [-0.15, -0.1) is 0 Å². The van der Waals surface area contributed by atoms with Crippen molar-refractivity contribution in [3.63, 3.8) is 0 Å². The SMILES string of the molecule is O=C(CC1C(=O)NCCN1C(=S)NC(=O)c1ccco1)OCc1ccccc1. The van der Waals surface area contributed by atoms with E-state index in [0.717, 1.165) is 5.56 Å². The van der Waals surface area contributed by atoms with Crippen molar-refractivity contribution < 1.29 is 23.5 Å². The lowest BCUT2D eigenvalue weighted by Gasteiger charge is -2.36. The molecule has 2 amide bonds. The second-order valence-electron chi connectivity index (χ2n) is 6.09. The first-order valence-corrected chi connectivity index (χ1v) is 9.08. The molecule has 2 N–H and O–H groups in total. The molecule has 1 aliphatic rings. The molecular weight excluding hydrogens is 382 g/mol. The van der Waals surface area contributed by atoms with Gasteiger partial charge in [0.15, 0.2) is 10.9 Å². The fourth-order valence-electron chi connectivity index (χ4n) is 2.75. The summed E-state index contributed by atoms with van der Waals surface area (Å²) in [5.41, 5.74) is 0.849. The summed E-state index contributed by atoms with van der Waals surface area (Å²) in [5, 5.41) is 5.28. The summed E-state index contributed by atoms with van der Waals surface area (Å²) in [6, 6.07) is 11.5. The molecule has 1 atom stereocenters. The molecule has 28 heavy (non-hydrogen) atoms. The Bertz CT molecular complexity index is 854. The van der Waals surface area contributed by atoms with Crippen LogP contribution < -0.4 is 10.6 Å². The number of esters is 1. The van der Waals surface area contributed by atoms with Crippen molar-refractivity contribution in [2.45, 2.75) is 19.1 Å². The van der Waals surface area contributed by atoms with Crippen molar-refractivity contribution in [3.8, 4) is 0 Å². The minimum atomic E-state index is -0.860. The van der Waals surface area contributed by atoms with Crippen LogP contribution in [0.4, 0.5) is 0 Å². The molecule has 1 aromatic carbocycles. The van der Waals surface area contributed by atoms with Crippen LogP contribution in [0.3, 0.4) is 0 Å². The minimum absolute atomic E-state index is 0.0529. The van der Waals surface area contributed by atoms with E-state index >= 15 is 0 Å². The van der Waals surface area contributed by atoms with Crippen LogP contribution >= 0.6 is 12.2 Å². The van der Waals surface area contributed by atoms with Crippen LogP contribution in [0, 0.1) is 0 Å². The number of hydrogen-bond acceptors (Lipinski definition) is 6. The zero-order valence-corrected chi connectivity index (χ0v) is 15.7. The Hall–Kier alpha value is -3.20. The molecule has 1 fully saturated rings. The number of amides is 2. The monoisotopic (exact) mass is 401 g/mol. The van der Waals surface area contributed by atoms with Gasteiger partial charge in [-0.05, 0) is 29.9 Å². The highest BCUT2D eigenvalue weighted by Gasteiger charge is 2.34. The van der Waals surface area contributed by atoms with Gasteiger partial charge in [-0.1, -0.05) is 30.3 Å². The number of benzene rings is 1. The van der Waals surface area contributed by atoms with Gasteiger partial charge in [-0.3, -0.25) is 19.7 Å². The summed E-state index contributed by atoms with van der Waals surface area (Å²) in [6.07, 6.45) is 1.19. The minimum Gasteiger partial charge on any atom is -0.461 e. The first kappa shape index (κ1) is 19.6. The van der Waals surface area contributed by atoms with E-state index in [1.807, 2.05) is 30.3 Å². The number of nitrogens with zero attached hydrogens (tertiary/aromatic N) is 1. The fraction of sp³-hybridized carbons (Fsp3) is 0.263. The summed E-state index contributed by atoms with van der Waals surface area (Å²) in [6.45, 7) is 0.832. The second kappa shape index (κ2) is 9.14. The maximum absolute atomic E-state index is 12.3. The Morgan fingerprint density at radius 2 is 2.04 bits per heavy atom. The predicted molar refractivity (Wildman–Crippen MR) is 103 cm³/mol. The first-order chi connectivity index (χ1) is 13.5. The van der Waals surface area contributed by atoms with Gasteiger partial charge in [0.2, 0.25) is 5.91 Å². The normalized spacial score (nSPS) is 16.2. The van der Waals surface area contributed by atoms with Crippen molar-refractivity contribution in [2.75, 3.05) is 13.1 Å². The maximum atomic E-state index is 12.3. The van der Waals surface area contributed by atoms with E-state index in [1.54, 1.807) is 6.07 Å². The summed E-state index contributed by atoms with van der Waals surface area (Å²) >= 11 is 5.27. The molecule has 2 aromatic rings. The van der Waals surface area contributed by atoms with Crippen LogP contribution in [0.25, 0.3) is 0 Å². The number of furan rings is 1. The van der Waals surface area contributed by atoms with Crippen molar-refractivity contribution in [1.82, 2.24) is 15.5 Å². The molecule has 8 nitrogen and oxygen atoms in total. The molecule has 9 heteroatoms. The molecule has 0 aliphatic carbocycles. The molecular formula is C19H19N3O5S. The molecule has 146 valence electrons. The number of rotatable bonds is 5. The number of hydrogen-bond donors (Lipinski definition) is 2. The van der Waals surface area contributed by atoms with Crippen LogP contribution in [-0.4, -0.2) is 46.9 Å². The lowest BCUT2D eigenvalue weighted by Crippen LogP contribution is -2.60. The first-order valence-electron chi connectivity index (χ1n) is 8.67.